The molecule has 2 aromatic rings. The Hall–Kier alpha value is -1.59. The van der Waals surface area contributed by atoms with Crippen LogP contribution in [0.3, 0.4) is 0 Å². The molecule has 144 valence electrons. The van der Waals surface area contributed by atoms with Gasteiger partial charge in [0.05, 0.1) is 12.1 Å². The van der Waals surface area contributed by atoms with Crippen molar-refractivity contribution in [2.75, 3.05) is 20.6 Å². The van der Waals surface area contributed by atoms with Crippen molar-refractivity contribution in [3.8, 4) is 0 Å². The fourth-order valence-electron chi connectivity index (χ4n) is 2.68. The molecule has 0 spiro atoms. The first-order valence-corrected chi connectivity index (χ1v) is 8.27. The van der Waals surface area contributed by atoms with Crippen LogP contribution in [-0.4, -0.2) is 37.5 Å². The predicted molar refractivity (Wildman–Crippen MR) is 113 cm³/mol. The lowest BCUT2D eigenvalue weighted by Crippen LogP contribution is -2.44. The van der Waals surface area contributed by atoms with E-state index >= 15 is 0 Å². The lowest BCUT2D eigenvalue weighted by Gasteiger charge is -2.26. The highest BCUT2D eigenvalue weighted by Gasteiger charge is 2.18. The number of nitrogens with two attached hydrogens (primary N) is 1. The molecule has 0 heterocycles. The van der Waals surface area contributed by atoms with Gasteiger partial charge in [-0.2, -0.15) is 0 Å². The third-order valence-electron chi connectivity index (χ3n) is 4.19. The van der Waals surface area contributed by atoms with Crippen molar-refractivity contribution in [1.29, 1.82) is 0 Å². The van der Waals surface area contributed by atoms with Crippen LogP contribution in [0, 0.1) is 6.92 Å². The van der Waals surface area contributed by atoms with Gasteiger partial charge in [-0.15, -0.1) is 24.8 Å². The molecular weight excluding hydrogens is 369 g/mol. The lowest BCUT2D eigenvalue weighted by molar-refractivity contribution is -0.122. The van der Waals surface area contributed by atoms with Gasteiger partial charge >= 0.3 is 0 Å². The molecule has 2 aromatic carbocycles. The molecule has 2 atom stereocenters. The van der Waals surface area contributed by atoms with Crippen LogP contribution in [0.25, 0.3) is 0 Å². The number of aryl methyl sites for hydroxylation is 1. The Balaban J connectivity index is 0.00000312. The van der Waals surface area contributed by atoms with E-state index in [0.29, 0.717) is 13.0 Å². The van der Waals surface area contributed by atoms with Crippen molar-refractivity contribution in [2.24, 2.45) is 5.73 Å². The van der Waals surface area contributed by atoms with E-state index in [1.54, 1.807) is 0 Å². The fraction of sp³-hybridized carbons (Fsp3) is 0.350. The number of nitrogens with one attached hydrogen (secondary N) is 1. The lowest BCUT2D eigenvalue weighted by atomic mass is 10.0. The number of halogens is 2. The molecule has 0 bridgehead atoms. The molecule has 0 radical (unpaired) electrons. The van der Waals surface area contributed by atoms with Crippen LogP contribution in [0.2, 0.25) is 0 Å². The van der Waals surface area contributed by atoms with Crippen molar-refractivity contribution < 1.29 is 4.79 Å². The maximum Gasteiger partial charge on any atom is 0.237 e. The minimum Gasteiger partial charge on any atom is -0.353 e. The zero-order chi connectivity index (χ0) is 17.5. The number of nitrogens with zero attached hydrogens (tertiary/aromatic N) is 1. The molecule has 2 rings (SSSR count). The highest BCUT2D eigenvalue weighted by atomic mass is 35.5. The van der Waals surface area contributed by atoms with E-state index in [1.807, 2.05) is 44.4 Å². The molecular formula is C20H29Cl2N3O. The number of carbonyl (C=O) groups is 1. The molecule has 0 aromatic heterocycles. The van der Waals surface area contributed by atoms with Crippen LogP contribution in [0.1, 0.15) is 22.7 Å². The van der Waals surface area contributed by atoms with Crippen molar-refractivity contribution in [1.82, 2.24) is 10.2 Å². The molecule has 6 heteroatoms. The van der Waals surface area contributed by atoms with Gasteiger partial charge < -0.3 is 16.0 Å². The minimum atomic E-state index is -0.534. The zero-order valence-corrected chi connectivity index (χ0v) is 17.1. The minimum absolute atomic E-state index is 0. The molecule has 2 unspecified atom stereocenters. The van der Waals surface area contributed by atoms with E-state index in [4.69, 9.17) is 5.73 Å². The Labute approximate surface area is 169 Å². The summed E-state index contributed by atoms with van der Waals surface area (Å²) in [5.74, 6) is -0.113. The molecule has 26 heavy (non-hydrogen) atoms. The van der Waals surface area contributed by atoms with Gasteiger partial charge in [-0.05, 0) is 38.6 Å². The van der Waals surface area contributed by atoms with E-state index in [9.17, 15) is 4.79 Å². The van der Waals surface area contributed by atoms with Crippen LogP contribution in [0.4, 0.5) is 0 Å². The molecule has 0 aliphatic heterocycles. The molecule has 0 fully saturated rings. The average Bonchev–Trinajstić information content (AvgIpc) is 2.57. The first-order valence-electron chi connectivity index (χ1n) is 8.27. The molecule has 3 N–H and O–H groups in total. The normalized spacial score (nSPS) is 12.5. The Morgan fingerprint density at radius 3 is 2.15 bits per heavy atom. The highest BCUT2D eigenvalue weighted by molar-refractivity contribution is 5.85. The molecule has 1 amide bonds. The number of likely N-dealkylation sites (N-methyl/N-ethyl adjacent to an activating group) is 1. The largest absolute Gasteiger partial charge is 0.353 e. The van der Waals surface area contributed by atoms with Gasteiger partial charge in [-0.3, -0.25) is 4.79 Å². The van der Waals surface area contributed by atoms with Gasteiger partial charge in [0.2, 0.25) is 5.91 Å². The summed E-state index contributed by atoms with van der Waals surface area (Å²) in [7, 11) is 4.03. The maximum absolute atomic E-state index is 12.3. The second-order valence-electron chi connectivity index (χ2n) is 6.43. The van der Waals surface area contributed by atoms with Gasteiger partial charge in [0.1, 0.15) is 0 Å². The monoisotopic (exact) mass is 397 g/mol. The van der Waals surface area contributed by atoms with Crippen molar-refractivity contribution >= 4 is 30.7 Å². The number of hydrogen-bond donors (Lipinski definition) is 2. The van der Waals surface area contributed by atoms with Crippen LogP contribution >= 0.6 is 24.8 Å². The first-order chi connectivity index (χ1) is 11.5. The number of hydrogen-bond acceptors (Lipinski definition) is 3. The Morgan fingerprint density at radius 2 is 1.62 bits per heavy atom. The first kappa shape index (κ1) is 24.4. The number of rotatable bonds is 7. The Bertz CT molecular complexity index is 648. The molecule has 0 saturated carbocycles. The smallest absolute Gasteiger partial charge is 0.237 e. The molecule has 4 nitrogen and oxygen atoms in total. The van der Waals surface area contributed by atoms with E-state index in [2.05, 4.69) is 41.4 Å². The third-order valence-corrected chi connectivity index (χ3v) is 4.19. The summed E-state index contributed by atoms with van der Waals surface area (Å²) < 4.78 is 0. The second kappa shape index (κ2) is 11.9. The summed E-state index contributed by atoms with van der Waals surface area (Å²) in [5, 5.41) is 2.99. The quantitative estimate of drug-likeness (QED) is 0.754. The molecule has 0 saturated heterocycles. The van der Waals surface area contributed by atoms with E-state index in [0.717, 1.165) is 5.56 Å². The van der Waals surface area contributed by atoms with Gasteiger partial charge in [-0.1, -0.05) is 60.2 Å². The van der Waals surface area contributed by atoms with Gasteiger partial charge in [-0.25, -0.2) is 0 Å². The van der Waals surface area contributed by atoms with Crippen LogP contribution in [0.5, 0.6) is 0 Å². The maximum atomic E-state index is 12.3. The van der Waals surface area contributed by atoms with Gasteiger partial charge in [0.25, 0.3) is 0 Å². The Morgan fingerprint density at radius 1 is 1.04 bits per heavy atom. The van der Waals surface area contributed by atoms with E-state index in [-0.39, 0.29) is 36.8 Å². The predicted octanol–water partition coefficient (Wildman–Crippen LogP) is 3.13. The summed E-state index contributed by atoms with van der Waals surface area (Å²) in [6.45, 7) is 2.61. The molecule has 0 aliphatic rings. The summed E-state index contributed by atoms with van der Waals surface area (Å²) >= 11 is 0. The summed E-state index contributed by atoms with van der Waals surface area (Å²) in [6, 6.07) is 17.8. The SMILES string of the molecule is Cc1ccc(C(CNC(=O)C(N)Cc2ccccc2)N(C)C)cc1.Cl.Cl. The van der Waals surface area contributed by atoms with Crippen molar-refractivity contribution in [3.05, 3.63) is 71.3 Å². The summed E-state index contributed by atoms with van der Waals surface area (Å²) in [6.07, 6.45) is 0.545. The highest BCUT2D eigenvalue weighted by Crippen LogP contribution is 2.18. The van der Waals surface area contributed by atoms with Crippen LogP contribution in [0.15, 0.2) is 54.6 Å². The van der Waals surface area contributed by atoms with Crippen molar-refractivity contribution in [2.45, 2.75) is 25.4 Å². The Kier molecular flexibility index (Phi) is 11.2. The van der Waals surface area contributed by atoms with Gasteiger partial charge in [0.15, 0.2) is 0 Å². The number of amides is 1. The van der Waals surface area contributed by atoms with E-state index < -0.39 is 6.04 Å². The zero-order valence-electron chi connectivity index (χ0n) is 15.5. The fourth-order valence-corrected chi connectivity index (χ4v) is 2.68. The average molecular weight is 398 g/mol. The standard InChI is InChI=1S/C20H27N3O.2ClH/c1-15-9-11-17(12-10-15)19(23(2)3)14-22-20(24)18(21)13-16-7-5-4-6-8-16;;/h4-12,18-19H,13-14,21H2,1-3H3,(H,22,24);2*1H. The van der Waals surface area contributed by atoms with Crippen LogP contribution in [-0.2, 0) is 11.2 Å². The van der Waals surface area contributed by atoms with E-state index in [1.165, 1.54) is 11.1 Å². The third kappa shape index (κ3) is 7.34. The topological polar surface area (TPSA) is 58.4 Å². The second-order valence-corrected chi connectivity index (χ2v) is 6.43. The van der Waals surface area contributed by atoms with Gasteiger partial charge in [0, 0.05) is 6.54 Å². The van der Waals surface area contributed by atoms with Crippen molar-refractivity contribution in [3.63, 3.8) is 0 Å². The summed E-state index contributed by atoms with van der Waals surface area (Å²) in [4.78, 5) is 14.4. The van der Waals surface area contributed by atoms with Crippen LogP contribution < -0.4 is 11.1 Å². The number of carbonyl (C=O) groups excluding carboxylic acids is 1. The summed E-state index contributed by atoms with van der Waals surface area (Å²) in [5.41, 5.74) is 9.53. The number of benzene rings is 2. The molecule has 0 aliphatic carbocycles.